The predicted octanol–water partition coefficient (Wildman–Crippen LogP) is 3.31. The zero-order valence-electron chi connectivity index (χ0n) is 13.7. The average molecular weight is 344 g/mol. The Morgan fingerprint density at radius 2 is 2.12 bits per heavy atom. The van der Waals surface area contributed by atoms with Crippen LogP contribution in [0.2, 0.25) is 0 Å². The van der Waals surface area contributed by atoms with Gasteiger partial charge in [0, 0.05) is 11.7 Å². The molecule has 2 aromatic rings. The summed E-state index contributed by atoms with van der Waals surface area (Å²) in [5.41, 5.74) is 2.90. The van der Waals surface area contributed by atoms with Gasteiger partial charge < -0.3 is 15.0 Å². The molecule has 1 amide bonds. The molecule has 0 saturated carbocycles. The lowest BCUT2D eigenvalue weighted by atomic mass is 9.96. The van der Waals surface area contributed by atoms with Gasteiger partial charge in [0.25, 0.3) is 0 Å². The number of fused-ring (bicyclic) bond motifs is 1. The van der Waals surface area contributed by atoms with Gasteiger partial charge in [0.1, 0.15) is 4.88 Å². The van der Waals surface area contributed by atoms with Crippen molar-refractivity contribution in [3.63, 3.8) is 0 Å². The zero-order valence-corrected chi connectivity index (χ0v) is 14.6. The fraction of sp³-hybridized carbons (Fsp3) is 0.333. The van der Waals surface area contributed by atoms with E-state index in [9.17, 15) is 9.59 Å². The Balaban J connectivity index is 1.74. The number of benzene rings is 1. The Kier molecular flexibility index (Phi) is 4.85. The topological polar surface area (TPSA) is 58.6 Å². The van der Waals surface area contributed by atoms with Crippen LogP contribution >= 0.6 is 11.3 Å². The predicted molar refractivity (Wildman–Crippen MR) is 95.9 cm³/mol. The van der Waals surface area contributed by atoms with Crippen LogP contribution in [0.4, 0.5) is 11.4 Å². The number of aryl methyl sites for hydroxylation is 1. The Labute approximate surface area is 145 Å². The minimum atomic E-state index is -0.433. The number of anilines is 2. The molecule has 2 heterocycles. The molecule has 1 atom stereocenters. The van der Waals surface area contributed by atoms with E-state index in [1.807, 2.05) is 12.1 Å². The summed E-state index contributed by atoms with van der Waals surface area (Å²) < 4.78 is 4.74. The van der Waals surface area contributed by atoms with Crippen molar-refractivity contribution in [1.29, 1.82) is 0 Å². The van der Waals surface area contributed by atoms with Crippen molar-refractivity contribution < 1.29 is 14.3 Å². The molecule has 1 aliphatic heterocycles. The molecular weight excluding hydrogens is 324 g/mol. The Morgan fingerprint density at radius 1 is 1.33 bits per heavy atom. The molecule has 0 fully saturated rings. The van der Waals surface area contributed by atoms with E-state index in [1.54, 1.807) is 11.4 Å². The van der Waals surface area contributed by atoms with Crippen LogP contribution in [-0.2, 0) is 16.0 Å². The van der Waals surface area contributed by atoms with Gasteiger partial charge in [-0.15, -0.1) is 11.3 Å². The van der Waals surface area contributed by atoms with Crippen LogP contribution in [0.25, 0.3) is 0 Å². The first-order valence-corrected chi connectivity index (χ1v) is 8.78. The fourth-order valence-corrected chi connectivity index (χ4v) is 3.77. The van der Waals surface area contributed by atoms with Crippen LogP contribution in [0, 0.1) is 0 Å². The van der Waals surface area contributed by atoms with E-state index in [-0.39, 0.29) is 12.5 Å². The number of amides is 1. The molecule has 1 aliphatic rings. The fourth-order valence-electron chi connectivity index (χ4n) is 3.00. The van der Waals surface area contributed by atoms with Crippen molar-refractivity contribution in [1.82, 2.24) is 0 Å². The maximum absolute atomic E-state index is 12.5. The number of rotatable bonds is 4. The van der Waals surface area contributed by atoms with Gasteiger partial charge in [-0.3, -0.25) is 4.79 Å². The third kappa shape index (κ3) is 3.28. The summed E-state index contributed by atoms with van der Waals surface area (Å²) in [6.07, 6.45) is 2.06. The molecule has 1 aromatic heterocycles. The number of nitrogens with zero attached hydrogens (tertiary/aromatic N) is 1. The van der Waals surface area contributed by atoms with Crippen LogP contribution in [-0.4, -0.2) is 31.6 Å². The van der Waals surface area contributed by atoms with Gasteiger partial charge in [-0.2, -0.15) is 0 Å². The van der Waals surface area contributed by atoms with E-state index in [1.165, 1.54) is 24.0 Å². The molecule has 5 nitrogen and oxygen atoms in total. The van der Waals surface area contributed by atoms with Crippen molar-refractivity contribution in [2.45, 2.75) is 25.8 Å². The maximum Gasteiger partial charge on any atom is 0.350 e. The highest BCUT2D eigenvalue weighted by molar-refractivity contribution is 7.12. The molecule has 1 N–H and O–H groups in total. The average Bonchev–Trinajstić information content (AvgIpc) is 3.04. The Bertz CT molecular complexity index is 756. The zero-order chi connectivity index (χ0) is 17.1. The molecule has 3 rings (SSSR count). The number of para-hydroxylation sites is 1. The van der Waals surface area contributed by atoms with Crippen LogP contribution in [0.1, 0.15) is 28.6 Å². The number of thiophene rings is 1. The molecule has 1 unspecified atom stereocenters. The SMILES string of the molecule is COC(=O)c1sccc1NC(=O)CN1c2ccccc2CCC1C. The minimum absolute atomic E-state index is 0.137. The number of methoxy groups -OCH3 is 1. The standard InChI is InChI=1S/C18H20N2O3S/c1-12-7-8-13-5-3-4-6-15(13)20(12)11-16(21)19-14-9-10-24-17(14)18(22)23-2/h3-6,9-10,12H,7-8,11H2,1-2H3,(H,19,21). The summed E-state index contributed by atoms with van der Waals surface area (Å²) in [4.78, 5) is 26.7. The summed E-state index contributed by atoms with van der Waals surface area (Å²) >= 11 is 1.26. The lowest BCUT2D eigenvalue weighted by Crippen LogP contribution is -2.42. The molecule has 0 radical (unpaired) electrons. The number of hydrogen-bond donors (Lipinski definition) is 1. The number of nitrogens with one attached hydrogen (secondary N) is 1. The van der Waals surface area contributed by atoms with Gasteiger partial charge in [0.15, 0.2) is 0 Å². The third-order valence-corrected chi connectivity index (χ3v) is 5.18. The van der Waals surface area contributed by atoms with Gasteiger partial charge in [0.2, 0.25) is 5.91 Å². The van der Waals surface area contributed by atoms with E-state index in [0.717, 1.165) is 18.5 Å². The first kappa shape index (κ1) is 16.5. The molecule has 1 aromatic carbocycles. The highest BCUT2D eigenvalue weighted by Crippen LogP contribution is 2.30. The Hall–Kier alpha value is -2.34. The molecule has 24 heavy (non-hydrogen) atoms. The van der Waals surface area contributed by atoms with Crippen LogP contribution in [0.3, 0.4) is 0 Å². The molecule has 0 bridgehead atoms. The highest BCUT2D eigenvalue weighted by atomic mass is 32.1. The first-order chi connectivity index (χ1) is 11.6. The number of carbonyl (C=O) groups excluding carboxylic acids is 2. The van der Waals surface area contributed by atoms with Crippen LogP contribution in [0.15, 0.2) is 35.7 Å². The summed E-state index contributed by atoms with van der Waals surface area (Å²) in [7, 11) is 1.33. The summed E-state index contributed by atoms with van der Waals surface area (Å²) in [6, 6.07) is 10.2. The highest BCUT2D eigenvalue weighted by Gasteiger charge is 2.25. The van der Waals surface area contributed by atoms with Crippen molar-refractivity contribution in [3.05, 3.63) is 46.2 Å². The quantitative estimate of drug-likeness (QED) is 0.865. The molecule has 0 spiro atoms. The minimum Gasteiger partial charge on any atom is -0.465 e. The van der Waals surface area contributed by atoms with Gasteiger partial charge >= 0.3 is 5.97 Å². The monoisotopic (exact) mass is 344 g/mol. The third-order valence-electron chi connectivity index (χ3n) is 4.29. The summed E-state index contributed by atoms with van der Waals surface area (Å²) in [6.45, 7) is 2.39. The van der Waals surface area contributed by atoms with Crippen molar-refractivity contribution in [2.75, 3.05) is 23.9 Å². The number of carbonyl (C=O) groups is 2. The number of hydrogen-bond acceptors (Lipinski definition) is 5. The van der Waals surface area contributed by atoms with Crippen molar-refractivity contribution in [2.24, 2.45) is 0 Å². The van der Waals surface area contributed by atoms with Gasteiger partial charge in [-0.05, 0) is 42.8 Å². The normalized spacial score (nSPS) is 16.4. The lowest BCUT2D eigenvalue weighted by Gasteiger charge is -2.36. The molecule has 6 heteroatoms. The number of ether oxygens (including phenoxy) is 1. The molecule has 0 aliphatic carbocycles. The second-order valence-corrected chi connectivity index (χ2v) is 6.76. The van der Waals surface area contributed by atoms with E-state index in [4.69, 9.17) is 4.74 Å². The van der Waals surface area contributed by atoms with Gasteiger partial charge in [0.05, 0.1) is 19.3 Å². The van der Waals surface area contributed by atoms with E-state index in [0.29, 0.717) is 16.6 Å². The second-order valence-electron chi connectivity index (χ2n) is 5.85. The van der Waals surface area contributed by atoms with E-state index >= 15 is 0 Å². The smallest absolute Gasteiger partial charge is 0.350 e. The number of esters is 1. The largest absolute Gasteiger partial charge is 0.465 e. The van der Waals surface area contributed by atoms with E-state index < -0.39 is 5.97 Å². The lowest BCUT2D eigenvalue weighted by molar-refractivity contribution is -0.115. The van der Waals surface area contributed by atoms with E-state index in [2.05, 4.69) is 29.3 Å². The first-order valence-electron chi connectivity index (χ1n) is 7.90. The molecular formula is C18H20N2O3S. The molecule has 0 saturated heterocycles. The van der Waals surface area contributed by atoms with Crippen molar-refractivity contribution >= 4 is 34.6 Å². The van der Waals surface area contributed by atoms with Crippen LogP contribution < -0.4 is 10.2 Å². The van der Waals surface area contributed by atoms with Crippen molar-refractivity contribution in [3.8, 4) is 0 Å². The maximum atomic E-state index is 12.5. The summed E-state index contributed by atoms with van der Waals surface area (Å²) in [5, 5.41) is 4.60. The second kappa shape index (κ2) is 7.05. The summed E-state index contributed by atoms with van der Waals surface area (Å²) in [5.74, 6) is -0.570. The molecule has 126 valence electrons. The van der Waals surface area contributed by atoms with Gasteiger partial charge in [-0.1, -0.05) is 18.2 Å². The van der Waals surface area contributed by atoms with Crippen LogP contribution in [0.5, 0.6) is 0 Å². The van der Waals surface area contributed by atoms with Gasteiger partial charge in [-0.25, -0.2) is 4.79 Å². The Morgan fingerprint density at radius 3 is 2.92 bits per heavy atom.